The van der Waals surface area contributed by atoms with E-state index in [1.54, 1.807) is 18.2 Å². The van der Waals surface area contributed by atoms with Gasteiger partial charge in [-0.05, 0) is 81.3 Å². The molecular formula is C38H35ClN9O7S2-. The summed E-state index contributed by atoms with van der Waals surface area (Å²) in [5, 5.41) is 28.4. The van der Waals surface area contributed by atoms with E-state index in [-0.39, 0.29) is 77.5 Å². The maximum atomic E-state index is 12.6. The molecule has 4 aromatic carbocycles. The van der Waals surface area contributed by atoms with Gasteiger partial charge in [0.15, 0.2) is 5.82 Å². The third kappa shape index (κ3) is 11.5. The van der Waals surface area contributed by atoms with Crippen LogP contribution in [0.1, 0.15) is 45.8 Å². The molecule has 2 atom stereocenters. The quantitative estimate of drug-likeness (QED) is 0.0416. The number of aliphatic hydroxyl groups excluding tert-OH is 2. The van der Waals surface area contributed by atoms with Crippen LogP contribution in [0, 0.1) is 0 Å². The summed E-state index contributed by atoms with van der Waals surface area (Å²) < 4.78 is 60.2. The molecule has 0 spiro atoms. The Morgan fingerprint density at radius 2 is 1.30 bits per heavy atom. The van der Waals surface area contributed by atoms with E-state index < -0.39 is 32.1 Å². The monoisotopic (exact) mass is 828 g/mol. The molecule has 6 N–H and O–H groups in total. The van der Waals surface area contributed by atoms with Gasteiger partial charge in [0.2, 0.25) is 17.2 Å². The minimum atomic E-state index is -4.77. The molecule has 6 aromatic rings. The van der Waals surface area contributed by atoms with Crippen molar-refractivity contribution >= 4 is 68.2 Å². The van der Waals surface area contributed by atoms with Gasteiger partial charge in [0.1, 0.15) is 16.5 Å². The van der Waals surface area contributed by atoms with E-state index in [2.05, 4.69) is 45.9 Å². The smallest absolute Gasteiger partial charge is 0.295 e. The highest BCUT2D eigenvalue weighted by Crippen LogP contribution is 2.25. The number of nitrogens with one attached hydrogen (secondary N) is 3. The maximum absolute atomic E-state index is 12.6. The van der Waals surface area contributed by atoms with E-state index in [0.29, 0.717) is 22.6 Å². The zero-order chi connectivity index (χ0) is 40.4. The zero-order valence-electron chi connectivity index (χ0n) is 29.9. The predicted molar refractivity (Wildman–Crippen MR) is 213 cm³/mol. The first-order valence-corrected chi connectivity index (χ1v) is 20.1. The second-order valence-corrected chi connectivity index (χ2v) is 15.0. The molecule has 2 heterocycles. The largest absolute Gasteiger partial charge is 0.768 e. The number of hydrogen-bond donors (Lipinski definition) is 6. The fourth-order valence-corrected chi connectivity index (χ4v) is 7.09. The molecule has 2 aromatic heterocycles. The molecule has 57 heavy (non-hydrogen) atoms. The molecule has 0 amide bonds. The van der Waals surface area contributed by atoms with Gasteiger partial charge in [-0.15, -0.1) is 0 Å². The Hall–Kier alpha value is -5.57. The lowest BCUT2D eigenvalue weighted by Gasteiger charge is -2.16. The summed E-state index contributed by atoms with van der Waals surface area (Å²) >= 11 is 3.46. The van der Waals surface area contributed by atoms with Gasteiger partial charge in [0.25, 0.3) is 10.1 Å². The maximum Gasteiger partial charge on any atom is 0.295 e. The molecule has 0 radical (unpaired) electrons. The van der Waals surface area contributed by atoms with E-state index in [0.717, 1.165) is 5.69 Å². The zero-order valence-corrected chi connectivity index (χ0v) is 32.2. The lowest BCUT2D eigenvalue weighted by molar-refractivity contribution is 0.222. The Balaban J connectivity index is 1.26. The number of aliphatic hydroxyl groups is 2. The first-order valence-electron chi connectivity index (χ1n) is 17.2. The molecule has 16 nitrogen and oxygen atoms in total. The van der Waals surface area contributed by atoms with E-state index in [1.807, 2.05) is 60.7 Å². The van der Waals surface area contributed by atoms with Gasteiger partial charge in [-0.3, -0.25) is 8.76 Å². The minimum absolute atomic E-state index is 0.000636. The van der Waals surface area contributed by atoms with Crippen LogP contribution in [-0.2, 0) is 34.0 Å². The molecular weight excluding hydrogens is 794 g/mol. The van der Waals surface area contributed by atoms with E-state index in [9.17, 15) is 31.9 Å². The SMILES string of the molecule is O=S([O-])c1cc(Cc2nc(Cl)nc(Nc3ccccc3)n2)ccc1/C=C/c1ccc(Cc2nc(Nc3ccccc3)nc(C(CO)NCCO)n2)cc1S(=O)(=O)O. The summed E-state index contributed by atoms with van der Waals surface area (Å²) in [6.07, 6.45) is 2.93. The molecule has 19 heteroatoms. The Labute approximate surface area is 335 Å². The molecule has 0 aliphatic heterocycles. The molecule has 0 aliphatic rings. The molecule has 0 saturated carbocycles. The van der Waals surface area contributed by atoms with Crippen molar-refractivity contribution in [2.45, 2.75) is 28.7 Å². The van der Waals surface area contributed by atoms with Crippen molar-refractivity contribution in [3.8, 4) is 0 Å². The molecule has 6 rings (SSSR count). The summed E-state index contributed by atoms with van der Waals surface area (Å²) in [7, 11) is -4.77. The standard InChI is InChI=1S/C38H36ClN9O7S2/c39-36-44-34(46-38(48-36)42-29-9-5-2-6-10-29)21-24-11-13-26(31(19-24)56(51)52)15-16-27-14-12-25(20-32(27)57(53,54)55)22-33-43-35(30(23-50)40-17-18-49)47-37(45-33)41-28-7-3-1-4-8-28/h1-16,19-20,30,40,49-50H,17-18,21-23H2,(H,51,52)(H,53,54,55)(H,41,43,45,47)(H,42,44,46,48)/p-1/b16-15+. The number of hydrogen-bond acceptors (Lipinski definition) is 15. The van der Waals surface area contributed by atoms with Crippen LogP contribution in [0.4, 0.5) is 23.3 Å². The van der Waals surface area contributed by atoms with Crippen LogP contribution >= 0.6 is 11.6 Å². The lowest BCUT2D eigenvalue weighted by Crippen LogP contribution is -2.29. The van der Waals surface area contributed by atoms with Crippen molar-refractivity contribution in [1.29, 1.82) is 0 Å². The average Bonchev–Trinajstić information content (AvgIpc) is 3.18. The number of para-hydroxylation sites is 2. The van der Waals surface area contributed by atoms with Gasteiger partial charge in [0, 0.05) is 35.7 Å². The molecule has 0 fully saturated rings. The molecule has 0 saturated heterocycles. The van der Waals surface area contributed by atoms with Gasteiger partial charge in [-0.2, -0.15) is 28.4 Å². The number of anilines is 4. The van der Waals surface area contributed by atoms with Crippen LogP contribution in [0.15, 0.2) is 107 Å². The number of aromatic nitrogens is 6. The van der Waals surface area contributed by atoms with Crippen molar-refractivity contribution in [2.75, 3.05) is 30.4 Å². The van der Waals surface area contributed by atoms with Crippen molar-refractivity contribution in [2.24, 2.45) is 0 Å². The number of nitrogens with zero attached hydrogens (tertiary/aromatic N) is 6. The van der Waals surface area contributed by atoms with Gasteiger partial charge in [-0.1, -0.05) is 72.8 Å². The summed E-state index contributed by atoms with van der Waals surface area (Å²) in [6, 6.07) is 26.6. The van der Waals surface area contributed by atoms with Crippen molar-refractivity contribution in [3.05, 3.63) is 142 Å². The first kappa shape index (κ1) is 41.1. The second-order valence-electron chi connectivity index (χ2n) is 12.3. The summed E-state index contributed by atoms with van der Waals surface area (Å²) in [6.45, 7) is -0.397. The van der Waals surface area contributed by atoms with Crippen LogP contribution in [0.3, 0.4) is 0 Å². The van der Waals surface area contributed by atoms with Gasteiger partial charge < -0.3 is 30.7 Å². The fourth-order valence-electron chi connectivity index (χ4n) is 5.60. The minimum Gasteiger partial charge on any atom is -0.768 e. The van der Waals surface area contributed by atoms with Crippen LogP contribution in [-0.4, -0.2) is 81.6 Å². The Kier molecular flexibility index (Phi) is 13.7. The van der Waals surface area contributed by atoms with Gasteiger partial charge >= 0.3 is 0 Å². The van der Waals surface area contributed by atoms with E-state index >= 15 is 0 Å². The third-order valence-electron chi connectivity index (χ3n) is 8.19. The number of halogens is 1. The number of benzene rings is 4. The first-order chi connectivity index (χ1) is 27.5. The lowest BCUT2D eigenvalue weighted by atomic mass is 10.1. The summed E-state index contributed by atoms with van der Waals surface area (Å²) in [5.74, 6) is 1.08. The van der Waals surface area contributed by atoms with Gasteiger partial charge in [-0.25, -0.2) is 9.97 Å². The third-order valence-corrected chi connectivity index (χ3v) is 9.98. The second kappa shape index (κ2) is 19.0. The summed E-state index contributed by atoms with van der Waals surface area (Å²) in [5.41, 5.74) is 2.73. The Bertz CT molecular complexity index is 2500. The van der Waals surface area contributed by atoms with Crippen molar-refractivity contribution in [1.82, 2.24) is 35.2 Å². The van der Waals surface area contributed by atoms with Crippen LogP contribution < -0.4 is 16.0 Å². The Morgan fingerprint density at radius 1 is 0.737 bits per heavy atom. The molecule has 294 valence electrons. The van der Waals surface area contributed by atoms with Crippen LogP contribution in [0.2, 0.25) is 5.28 Å². The normalized spacial score (nSPS) is 12.7. The van der Waals surface area contributed by atoms with E-state index in [1.165, 1.54) is 30.4 Å². The highest BCUT2D eigenvalue weighted by Gasteiger charge is 2.19. The molecule has 2 unspecified atom stereocenters. The highest BCUT2D eigenvalue weighted by molar-refractivity contribution is 7.86. The Morgan fingerprint density at radius 3 is 1.88 bits per heavy atom. The average molecular weight is 829 g/mol. The molecule has 0 bridgehead atoms. The topological polar surface area (TPSA) is 248 Å². The number of rotatable bonds is 17. The van der Waals surface area contributed by atoms with Gasteiger partial charge in [0.05, 0.1) is 19.3 Å². The summed E-state index contributed by atoms with van der Waals surface area (Å²) in [4.78, 5) is 25.6. The van der Waals surface area contributed by atoms with Crippen LogP contribution in [0.5, 0.6) is 0 Å². The molecule has 0 aliphatic carbocycles. The van der Waals surface area contributed by atoms with E-state index in [4.69, 9.17) is 11.6 Å². The van der Waals surface area contributed by atoms with Crippen molar-refractivity contribution in [3.63, 3.8) is 0 Å². The fraction of sp³-hybridized carbons (Fsp3) is 0.158. The van der Waals surface area contributed by atoms with Crippen molar-refractivity contribution < 1.29 is 31.9 Å². The highest BCUT2D eigenvalue weighted by atomic mass is 35.5. The van der Waals surface area contributed by atoms with Crippen LogP contribution in [0.25, 0.3) is 12.2 Å². The predicted octanol–water partition coefficient (Wildman–Crippen LogP) is 4.65.